The Morgan fingerprint density at radius 1 is 1.22 bits per heavy atom. The van der Waals surface area contributed by atoms with Crippen LogP contribution in [0.5, 0.6) is 5.75 Å². The predicted octanol–water partition coefficient (Wildman–Crippen LogP) is 1.36. The highest BCUT2D eigenvalue weighted by atomic mass is 16.5. The number of rotatable bonds is 2. The first kappa shape index (κ1) is 12.9. The molecule has 0 spiro atoms. The fraction of sp³-hybridized carbons (Fsp3) is 0.500. The van der Waals surface area contributed by atoms with E-state index in [0.717, 1.165) is 48.6 Å². The highest BCUT2D eigenvalue weighted by Gasteiger charge is 2.20. The number of ether oxygens (including phenoxy) is 1. The van der Waals surface area contributed by atoms with E-state index in [1.165, 1.54) is 0 Å². The molecule has 0 aliphatic carbocycles. The van der Waals surface area contributed by atoms with Gasteiger partial charge < -0.3 is 15.0 Å². The van der Waals surface area contributed by atoms with Gasteiger partial charge in [0.25, 0.3) is 5.91 Å². The number of piperazine rings is 1. The number of nitrogens with one attached hydrogen (secondary N) is 1. The average Bonchev–Trinajstić information content (AvgIpc) is 2.42. The Kier molecular flexibility index (Phi) is 3.87. The number of benzene rings is 1. The lowest BCUT2D eigenvalue weighted by Crippen LogP contribution is -2.46. The molecule has 2 rings (SSSR count). The molecule has 0 unspecified atom stereocenters. The second-order valence-electron chi connectivity index (χ2n) is 4.61. The lowest BCUT2D eigenvalue weighted by molar-refractivity contribution is 0.0735. The van der Waals surface area contributed by atoms with Gasteiger partial charge in [0.15, 0.2) is 0 Å². The monoisotopic (exact) mass is 248 g/mol. The number of carbonyl (C=O) groups is 1. The molecule has 1 amide bonds. The number of amides is 1. The SMILES string of the molecule is COc1ccc(C(=O)N2CCNCC2)c(C)c1C. The van der Waals surface area contributed by atoms with Crippen LogP contribution >= 0.6 is 0 Å². The third-order valence-electron chi connectivity index (χ3n) is 3.59. The van der Waals surface area contributed by atoms with Crippen LogP contribution in [0, 0.1) is 13.8 Å². The van der Waals surface area contributed by atoms with Gasteiger partial charge in [-0.3, -0.25) is 4.79 Å². The van der Waals surface area contributed by atoms with Crippen LogP contribution < -0.4 is 10.1 Å². The van der Waals surface area contributed by atoms with Crippen molar-refractivity contribution in [1.82, 2.24) is 10.2 Å². The summed E-state index contributed by atoms with van der Waals surface area (Å²) in [5.74, 6) is 0.962. The Labute approximate surface area is 108 Å². The van der Waals surface area contributed by atoms with Gasteiger partial charge in [-0.2, -0.15) is 0 Å². The molecule has 0 radical (unpaired) electrons. The molecule has 4 nitrogen and oxygen atoms in total. The van der Waals surface area contributed by atoms with E-state index >= 15 is 0 Å². The minimum absolute atomic E-state index is 0.125. The Balaban J connectivity index is 2.27. The van der Waals surface area contributed by atoms with E-state index in [-0.39, 0.29) is 5.91 Å². The Bertz CT molecular complexity index is 451. The summed E-state index contributed by atoms with van der Waals surface area (Å²) >= 11 is 0. The maximum atomic E-state index is 12.4. The molecule has 1 fully saturated rings. The summed E-state index contributed by atoms with van der Waals surface area (Å²) in [6, 6.07) is 3.74. The molecule has 1 aliphatic rings. The lowest BCUT2D eigenvalue weighted by atomic mass is 10.0. The van der Waals surface area contributed by atoms with Gasteiger partial charge in [-0.1, -0.05) is 0 Å². The van der Waals surface area contributed by atoms with Crippen molar-refractivity contribution in [2.75, 3.05) is 33.3 Å². The molecule has 1 aromatic carbocycles. The topological polar surface area (TPSA) is 41.6 Å². The maximum absolute atomic E-state index is 12.4. The molecule has 98 valence electrons. The van der Waals surface area contributed by atoms with Crippen LogP contribution in [0.15, 0.2) is 12.1 Å². The summed E-state index contributed by atoms with van der Waals surface area (Å²) in [5.41, 5.74) is 2.84. The third-order valence-corrected chi connectivity index (χ3v) is 3.59. The van der Waals surface area contributed by atoms with E-state index < -0.39 is 0 Å². The van der Waals surface area contributed by atoms with Crippen molar-refractivity contribution in [2.24, 2.45) is 0 Å². The van der Waals surface area contributed by atoms with Crippen LogP contribution in [0.4, 0.5) is 0 Å². The summed E-state index contributed by atoms with van der Waals surface area (Å²) in [6.07, 6.45) is 0. The van der Waals surface area contributed by atoms with Gasteiger partial charge in [0, 0.05) is 31.7 Å². The molecule has 1 saturated heterocycles. The van der Waals surface area contributed by atoms with Crippen molar-refractivity contribution in [3.8, 4) is 5.75 Å². The van der Waals surface area contributed by atoms with Gasteiger partial charge in [0.05, 0.1) is 7.11 Å². The molecule has 1 N–H and O–H groups in total. The summed E-state index contributed by atoms with van der Waals surface area (Å²) in [6.45, 7) is 7.28. The number of methoxy groups -OCH3 is 1. The van der Waals surface area contributed by atoms with Crippen LogP contribution in [0.3, 0.4) is 0 Å². The Hall–Kier alpha value is -1.55. The summed E-state index contributed by atoms with van der Waals surface area (Å²) in [4.78, 5) is 14.3. The van der Waals surface area contributed by atoms with Crippen LogP contribution in [0.25, 0.3) is 0 Å². The van der Waals surface area contributed by atoms with E-state index in [0.29, 0.717) is 0 Å². The molecule has 0 bridgehead atoms. The Morgan fingerprint density at radius 2 is 1.89 bits per heavy atom. The normalized spacial score (nSPS) is 15.6. The maximum Gasteiger partial charge on any atom is 0.254 e. The minimum Gasteiger partial charge on any atom is -0.496 e. The van der Waals surface area contributed by atoms with Gasteiger partial charge in [0.2, 0.25) is 0 Å². The van der Waals surface area contributed by atoms with Crippen LogP contribution in [0.2, 0.25) is 0 Å². The minimum atomic E-state index is 0.125. The number of hydrogen-bond donors (Lipinski definition) is 1. The van der Waals surface area contributed by atoms with E-state index in [1.54, 1.807) is 7.11 Å². The summed E-state index contributed by atoms with van der Waals surface area (Å²) in [7, 11) is 1.65. The first-order valence-electron chi connectivity index (χ1n) is 6.29. The molecule has 1 aliphatic heterocycles. The molecule has 4 heteroatoms. The average molecular weight is 248 g/mol. The molecular weight excluding hydrogens is 228 g/mol. The molecule has 1 aromatic rings. The molecular formula is C14H20N2O2. The van der Waals surface area contributed by atoms with Gasteiger partial charge in [0.1, 0.15) is 5.75 Å². The van der Waals surface area contributed by atoms with E-state index in [2.05, 4.69) is 5.32 Å². The standard InChI is InChI=1S/C14H20N2O2/c1-10-11(2)13(18-3)5-4-12(10)14(17)16-8-6-15-7-9-16/h4-5,15H,6-9H2,1-3H3. The fourth-order valence-electron chi connectivity index (χ4n) is 2.29. The highest BCUT2D eigenvalue weighted by molar-refractivity contribution is 5.96. The van der Waals surface area contributed by atoms with Gasteiger partial charge >= 0.3 is 0 Å². The van der Waals surface area contributed by atoms with Crippen molar-refractivity contribution in [1.29, 1.82) is 0 Å². The highest BCUT2D eigenvalue weighted by Crippen LogP contribution is 2.24. The van der Waals surface area contributed by atoms with Crippen molar-refractivity contribution in [2.45, 2.75) is 13.8 Å². The van der Waals surface area contributed by atoms with Crippen LogP contribution in [0.1, 0.15) is 21.5 Å². The van der Waals surface area contributed by atoms with Gasteiger partial charge in [-0.15, -0.1) is 0 Å². The van der Waals surface area contributed by atoms with Crippen molar-refractivity contribution < 1.29 is 9.53 Å². The van der Waals surface area contributed by atoms with E-state index in [9.17, 15) is 4.79 Å². The first-order valence-corrected chi connectivity index (χ1v) is 6.29. The zero-order valence-electron chi connectivity index (χ0n) is 11.2. The molecule has 18 heavy (non-hydrogen) atoms. The number of nitrogens with zero attached hydrogens (tertiary/aromatic N) is 1. The molecule has 0 atom stereocenters. The fourth-order valence-corrected chi connectivity index (χ4v) is 2.29. The van der Waals surface area contributed by atoms with E-state index in [4.69, 9.17) is 4.74 Å². The predicted molar refractivity (Wildman–Crippen MR) is 71.2 cm³/mol. The second-order valence-corrected chi connectivity index (χ2v) is 4.61. The quantitative estimate of drug-likeness (QED) is 0.859. The Morgan fingerprint density at radius 3 is 2.50 bits per heavy atom. The van der Waals surface area contributed by atoms with Crippen molar-refractivity contribution >= 4 is 5.91 Å². The van der Waals surface area contributed by atoms with Crippen molar-refractivity contribution in [3.05, 3.63) is 28.8 Å². The molecule has 1 heterocycles. The zero-order valence-corrected chi connectivity index (χ0v) is 11.2. The van der Waals surface area contributed by atoms with Crippen LogP contribution in [-0.2, 0) is 0 Å². The van der Waals surface area contributed by atoms with Gasteiger partial charge in [-0.05, 0) is 37.1 Å². The van der Waals surface area contributed by atoms with Crippen molar-refractivity contribution in [3.63, 3.8) is 0 Å². The molecule has 0 saturated carbocycles. The summed E-state index contributed by atoms with van der Waals surface area (Å²) < 4.78 is 5.27. The molecule has 0 aromatic heterocycles. The van der Waals surface area contributed by atoms with Gasteiger partial charge in [-0.25, -0.2) is 0 Å². The zero-order chi connectivity index (χ0) is 13.1. The summed E-state index contributed by atoms with van der Waals surface area (Å²) in [5, 5.41) is 3.25. The number of carbonyl (C=O) groups excluding carboxylic acids is 1. The lowest BCUT2D eigenvalue weighted by Gasteiger charge is -2.28. The third kappa shape index (κ3) is 2.34. The van der Waals surface area contributed by atoms with E-state index in [1.807, 2.05) is 30.9 Å². The largest absolute Gasteiger partial charge is 0.496 e. The second kappa shape index (κ2) is 5.40. The van der Waals surface area contributed by atoms with Crippen LogP contribution in [-0.4, -0.2) is 44.1 Å². The number of hydrogen-bond acceptors (Lipinski definition) is 3. The smallest absolute Gasteiger partial charge is 0.254 e. The first-order chi connectivity index (χ1) is 8.65.